The van der Waals surface area contributed by atoms with Crippen LogP contribution in [0.25, 0.3) is 28.3 Å². The number of para-hydroxylation sites is 2. The highest BCUT2D eigenvalue weighted by atomic mass is 79.9. The van der Waals surface area contributed by atoms with Crippen LogP contribution in [0.1, 0.15) is 17.7 Å². The number of hydrogen-bond acceptors (Lipinski definition) is 4. The number of fused-ring (bicyclic) bond motifs is 1. The molecule has 35 heavy (non-hydrogen) atoms. The predicted octanol–water partition coefficient (Wildman–Crippen LogP) is 6.48. The number of hydrogen-bond donors (Lipinski definition) is 1. The summed E-state index contributed by atoms with van der Waals surface area (Å²) in [5, 5.41) is 3.48. The Hall–Kier alpha value is -3.49. The van der Waals surface area contributed by atoms with E-state index in [9.17, 15) is 9.18 Å². The fourth-order valence-corrected chi connectivity index (χ4v) is 4.27. The van der Waals surface area contributed by atoms with Crippen LogP contribution in [0.3, 0.4) is 0 Å². The summed E-state index contributed by atoms with van der Waals surface area (Å²) in [5.74, 6) is 0.0833. The highest BCUT2D eigenvalue weighted by molar-refractivity contribution is 9.10. The van der Waals surface area contributed by atoms with Crippen molar-refractivity contribution < 1.29 is 13.6 Å². The Bertz CT molecular complexity index is 1510. The Morgan fingerprint density at radius 3 is 2.71 bits per heavy atom. The molecule has 0 radical (unpaired) electrons. The van der Waals surface area contributed by atoms with Crippen molar-refractivity contribution >= 4 is 44.5 Å². The molecule has 0 unspecified atom stereocenters. The third-order valence-electron chi connectivity index (χ3n) is 5.52. The minimum atomic E-state index is -0.346. The lowest BCUT2D eigenvalue weighted by atomic mass is 10.1. The number of aromatic nitrogens is 3. The molecule has 176 valence electrons. The maximum absolute atomic E-state index is 13.4. The standard InChI is InChI=1S/C26H19BrClFN4O2/c27-19-13-16(5-10-20(19)29)14-30-24(34)12-11-23-25(17-6-8-18(28)9-7-17)32-26(35-23)33-15-31-21-3-1-2-4-22(21)33/h1-10,13,15H,11-12,14H2,(H,30,34). The summed E-state index contributed by atoms with van der Waals surface area (Å²) < 4.78 is 21.7. The molecular formula is C26H19BrClFN4O2. The number of benzene rings is 3. The first kappa shape index (κ1) is 23.3. The Labute approximate surface area is 213 Å². The Morgan fingerprint density at radius 1 is 1.11 bits per heavy atom. The first-order chi connectivity index (χ1) is 17.0. The molecule has 2 heterocycles. The number of rotatable bonds is 7. The molecule has 0 saturated carbocycles. The molecule has 1 amide bonds. The molecule has 0 saturated heterocycles. The predicted molar refractivity (Wildman–Crippen MR) is 136 cm³/mol. The van der Waals surface area contributed by atoms with Gasteiger partial charge in [0.25, 0.3) is 0 Å². The zero-order chi connectivity index (χ0) is 24.4. The molecule has 0 aliphatic heterocycles. The summed E-state index contributed by atoms with van der Waals surface area (Å²) in [4.78, 5) is 21.7. The summed E-state index contributed by atoms with van der Waals surface area (Å²) in [6, 6.07) is 20.0. The maximum atomic E-state index is 13.4. The second-order valence-electron chi connectivity index (χ2n) is 7.90. The van der Waals surface area contributed by atoms with Gasteiger partial charge in [0.2, 0.25) is 5.91 Å². The van der Waals surface area contributed by atoms with Crippen LogP contribution in [0.5, 0.6) is 0 Å². The van der Waals surface area contributed by atoms with Gasteiger partial charge in [-0.2, -0.15) is 4.98 Å². The summed E-state index contributed by atoms with van der Waals surface area (Å²) in [7, 11) is 0. The van der Waals surface area contributed by atoms with Crippen molar-refractivity contribution in [2.24, 2.45) is 0 Å². The quantitative estimate of drug-likeness (QED) is 0.250. The van der Waals surface area contributed by atoms with Gasteiger partial charge in [0.15, 0.2) is 0 Å². The number of imidazole rings is 1. The van der Waals surface area contributed by atoms with Crippen molar-refractivity contribution in [1.82, 2.24) is 19.9 Å². The molecule has 9 heteroatoms. The van der Waals surface area contributed by atoms with E-state index in [4.69, 9.17) is 21.0 Å². The van der Waals surface area contributed by atoms with Crippen LogP contribution in [-0.4, -0.2) is 20.4 Å². The molecule has 0 bridgehead atoms. The van der Waals surface area contributed by atoms with Gasteiger partial charge in [0.1, 0.15) is 23.6 Å². The van der Waals surface area contributed by atoms with Crippen molar-refractivity contribution in [2.45, 2.75) is 19.4 Å². The molecule has 0 aliphatic rings. The monoisotopic (exact) mass is 552 g/mol. The second kappa shape index (κ2) is 10.0. The minimum absolute atomic E-state index is 0.154. The van der Waals surface area contributed by atoms with E-state index in [0.29, 0.717) is 39.9 Å². The van der Waals surface area contributed by atoms with Gasteiger partial charge in [0, 0.05) is 30.0 Å². The fourth-order valence-electron chi connectivity index (χ4n) is 3.72. The average Bonchev–Trinajstić information content (AvgIpc) is 3.48. The number of nitrogens with one attached hydrogen (secondary N) is 1. The zero-order valence-corrected chi connectivity index (χ0v) is 20.7. The number of aryl methyl sites for hydroxylation is 1. The van der Waals surface area contributed by atoms with E-state index in [2.05, 4.69) is 26.2 Å². The number of nitrogens with zero attached hydrogens (tertiary/aromatic N) is 3. The van der Waals surface area contributed by atoms with E-state index in [1.165, 1.54) is 6.07 Å². The van der Waals surface area contributed by atoms with Crippen LogP contribution in [0, 0.1) is 5.82 Å². The molecule has 0 aliphatic carbocycles. The number of amides is 1. The third-order valence-corrected chi connectivity index (χ3v) is 6.38. The maximum Gasteiger partial charge on any atom is 0.308 e. The molecule has 3 aromatic carbocycles. The average molecular weight is 554 g/mol. The first-order valence-corrected chi connectivity index (χ1v) is 12.0. The van der Waals surface area contributed by atoms with Gasteiger partial charge in [-0.3, -0.25) is 9.36 Å². The molecule has 1 N–H and O–H groups in total. The SMILES string of the molecule is O=C(CCc1oc(-n2cnc3ccccc32)nc1-c1ccc(Cl)cc1)NCc1ccc(F)c(Br)c1. The van der Waals surface area contributed by atoms with Gasteiger partial charge in [0.05, 0.1) is 15.5 Å². The van der Waals surface area contributed by atoms with Crippen LogP contribution >= 0.6 is 27.5 Å². The van der Waals surface area contributed by atoms with Gasteiger partial charge in [-0.15, -0.1) is 0 Å². The Kier molecular flexibility index (Phi) is 6.66. The van der Waals surface area contributed by atoms with E-state index in [1.54, 1.807) is 35.2 Å². The summed E-state index contributed by atoms with van der Waals surface area (Å²) in [6.07, 6.45) is 2.21. The van der Waals surface area contributed by atoms with Gasteiger partial charge in [-0.25, -0.2) is 9.37 Å². The van der Waals surface area contributed by atoms with E-state index < -0.39 is 0 Å². The Balaban J connectivity index is 1.37. The highest BCUT2D eigenvalue weighted by Gasteiger charge is 2.19. The van der Waals surface area contributed by atoms with Crippen LogP contribution in [0.15, 0.2) is 81.9 Å². The van der Waals surface area contributed by atoms with E-state index in [-0.39, 0.29) is 18.1 Å². The van der Waals surface area contributed by atoms with Crippen molar-refractivity contribution in [1.29, 1.82) is 0 Å². The number of oxazole rings is 1. The fraction of sp³-hybridized carbons (Fsp3) is 0.115. The van der Waals surface area contributed by atoms with Crippen LogP contribution in [-0.2, 0) is 17.8 Å². The summed E-state index contributed by atoms with van der Waals surface area (Å²) >= 11 is 9.23. The third kappa shape index (κ3) is 5.13. The normalized spacial score (nSPS) is 11.2. The summed E-state index contributed by atoms with van der Waals surface area (Å²) in [6.45, 7) is 0.296. The number of carbonyl (C=O) groups excluding carboxylic acids is 1. The van der Waals surface area contributed by atoms with E-state index in [1.807, 2.05) is 36.4 Å². The van der Waals surface area contributed by atoms with Gasteiger partial charge >= 0.3 is 6.01 Å². The number of halogens is 3. The van der Waals surface area contributed by atoms with Gasteiger partial charge in [-0.05, 0) is 57.9 Å². The molecule has 6 nitrogen and oxygen atoms in total. The molecule has 0 atom stereocenters. The van der Waals surface area contributed by atoms with Gasteiger partial charge in [-0.1, -0.05) is 41.9 Å². The van der Waals surface area contributed by atoms with Gasteiger partial charge < -0.3 is 9.73 Å². The molecule has 5 rings (SSSR count). The Morgan fingerprint density at radius 2 is 1.91 bits per heavy atom. The van der Waals surface area contributed by atoms with Crippen molar-refractivity contribution in [3.05, 3.63) is 99.7 Å². The largest absolute Gasteiger partial charge is 0.427 e. The first-order valence-electron chi connectivity index (χ1n) is 10.9. The second-order valence-corrected chi connectivity index (χ2v) is 9.19. The minimum Gasteiger partial charge on any atom is -0.427 e. The van der Waals surface area contributed by atoms with Crippen molar-refractivity contribution in [3.63, 3.8) is 0 Å². The molecule has 0 fully saturated rings. The zero-order valence-electron chi connectivity index (χ0n) is 18.3. The van der Waals surface area contributed by atoms with Crippen LogP contribution in [0.4, 0.5) is 4.39 Å². The van der Waals surface area contributed by atoms with Crippen molar-refractivity contribution in [2.75, 3.05) is 0 Å². The number of carbonyl (C=O) groups is 1. The topological polar surface area (TPSA) is 73.0 Å². The van der Waals surface area contributed by atoms with E-state index in [0.717, 1.165) is 22.2 Å². The molecule has 5 aromatic rings. The lowest BCUT2D eigenvalue weighted by Crippen LogP contribution is -2.23. The summed E-state index contributed by atoms with van der Waals surface area (Å²) in [5.41, 5.74) is 3.96. The smallest absolute Gasteiger partial charge is 0.308 e. The van der Waals surface area contributed by atoms with Crippen molar-refractivity contribution in [3.8, 4) is 17.3 Å². The molecule has 2 aromatic heterocycles. The lowest BCUT2D eigenvalue weighted by Gasteiger charge is -2.06. The highest BCUT2D eigenvalue weighted by Crippen LogP contribution is 2.29. The molecule has 0 spiro atoms. The van der Waals surface area contributed by atoms with Crippen LogP contribution < -0.4 is 5.32 Å². The lowest BCUT2D eigenvalue weighted by molar-refractivity contribution is -0.121. The van der Waals surface area contributed by atoms with E-state index >= 15 is 0 Å². The molecular weight excluding hydrogens is 535 g/mol. The van der Waals surface area contributed by atoms with Crippen LogP contribution in [0.2, 0.25) is 5.02 Å².